The number of hydrogen-bond donors (Lipinski definition) is 3. The normalized spacial score (nSPS) is 13.7. The SMILES string of the molecule is CCCC(=NO)/C(N)=N/O. The lowest BCUT2D eigenvalue weighted by Gasteiger charge is -1.97. The quantitative estimate of drug-likeness (QED) is 0.232. The first kappa shape index (κ1) is 8.74. The molecule has 0 heterocycles. The largest absolute Gasteiger partial charge is 0.411 e. The fraction of sp³-hybridized carbons (Fsp3) is 0.600. The minimum atomic E-state index is -0.135. The Labute approximate surface area is 58.8 Å². The molecule has 4 N–H and O–H groups in total. The summed E-state index contributed by atoms with van der Waals surface area (Å²) in [6.07, 6.45) is 1.29. The highest BCUT2D eigenvalue weighted by Gasteiger charge is 2.03. The van der Waals surface area contributed by atoms with E-state index in [1.807, 2.05) is 6.92 Å². The van der Waals surface area contributed by atoms with Crippen molar-refractivity contribution in [1.82, 2.24) is 0 Å². The Morgan fingerprint density at radius 1 is 1.40 bits per heavy atom. The molecule has 10 heavy (non-hydrogen) atoms. The second-order valence-corrected chi connectivity index (χ2v) is 1.78. The Morgan fingerprint density at radius 2 is 2.00 bits per heavy atom. The Bertz CT molecular complexity index is 153. The maximum Gasteiger partial charge on any atom is 0.187 e. The zero-order valence-corrected chi connectivity index (χ0v) is 5.78. The minimum Gasteiger partial charge on any atom is -0.411 e. The van der Waals surface area contributed by atoms with Crippen LogP contribution in [0.5, 0.6) is 0 Å². The van der Waals surface area contributed by atoms with Gasteiger partial charge in [-0.25, -0.2) is 0 Å². The third kappa shape index (κ3) is 2.34. The number of rotatable bonds is 3. The molecule has 0 saturated carbocycles. The van der Waals surface area contributed by atoms with E-state index in [0.29, 0.717) is 6.42 Å². The molecule has 0 bridgehead atoms. The fourth-order valence-electron chi connectivity index (χ4n) is 0.524. The summed E-state index contributed by atoms with van der Waals surface area (Å²) < 4.78 is 0. The summed E-state index contributed by atoms with van der Waals surface area (Å²) >= 11 is 0. The van der Waals surface area contributed by atoms with Crippen LogP contribution in [0.15, 0.2) is 10.3 Å². The highest BCUT2D eigenvalue weighted by Crippen LogP contribution is 1.91. The molecule has 0 saturated heterocycles. The maximum absolute atomic E-state index is 8.27. The molecule has 0 aliphatic carbocycles. The molecule has 0 spiro atoms. The van der Waals surface area contributed by atoms with Gasteiger partial charge in [-0.1, -0.05) is 23.7 Å². The van der Waals surface area contributed by atoms with Crippen LogP contribution in [0.4, 0.5) is 0 Å². The van der Waals surface area contributed by atoms with Gasteiger partial charge in [0.1, 0.15) is 5.71 Å². The molecule has 5 nitrogen and oxygen atoms in total. The summed E-state index contributed by atoms with van der Waals surface area (Å²) in [5.41, 5.74) is 5.34. The zero-order chi connectivity index (χ0) is 7.98. The van der Waals surface area contributed by atoms with E-state index in [1.165, 1.54) is 0 Å². The average molecular weight is 145 g/mol. The molecular formula is C5H11N3O2. The first-order valence-electron chi connectivity index (χ1n) is 2.95. The van der Waals surface area contributed by atoms with Crippen LogP contribution in [0.3, 0.4) is 0 Å². The summed E-state index contributed by atoms with van der Waals surface area (Å²) in [5, 5.41) is 21.9. The van der Waals surface area contributed by atoms with E-state index >= 15 is 0 Å². The summed E-state index contributed by atoms with van der Waals surface area (Å²) in [4.78, 5) is 0. The summed E-state index contributed by atoms with van der Waals surface area (Å²) in [6.45, 7) is 1.90. The van der Waals surface area contributed by atoms with Crippen LogP contribution in [-0.2, 0) is 0 Å². The molecule has 0 amide bonds. The smallest absolute Gasteiger partial charge is 0.187 e. The van der Waals surface area contributed by atoms with Crippen molar-refractivity contribution in [3.8, 4) is 0 Å². The van der Waals surface area contributed by atoms with Gasteiger partial charge in [-0.3, -0.25) is 0 Å². The van der Waals surface area contributed by atoms with Crippen molar-refractivity contribution in [2.75, 3.05) is 0 Å². The number of hydrogen-bond acceptors (Lipinski definition) is 4. The first-order valence-corrected chi connectivity index (χ1v) is 2.95. The maximum atomic E-state index is 8.27. The van der Waals surface area contributed by atoms with Gasteiger partial charge in [0.25, 0.3) is 0 Å². The van der Waals surface area contributed by atoms with Crippen molar-refractivity contribution < 1.29 is 10.4 Å². The van der Waals surface area contributed by atoms with Crippen molar-refractivity contribution in [2.24, 2.45) is 16.0 Å². The van der Waals surface area contributed by atoms with E-state index in [4.69, 9.17) is 16.1 Å². The van der Waals surface area contributed by atoms with Gasteiger partial charge in [-0.2, -0.15) is 0 Å². The van der Waals surface area contributed by atoms with Gasteiger partial charge in [-0.05, 0) is 6.42 Å². The van der Waals surface area contributed by atoms with Crippen LogP contribution in [0.2, 0.25) is 0 Å². The monoisotopic (exact) mass is 145 g/mol. The molecule has 0 aliphatic rings. The Morgan fingerprint density at radius 3 is 2.30 bits per heavy atom. The second-order valence-electron chi connectivity index (χ2n) is 1.78. The molecule has 0 aromatic carbocycles. The molecule has 0 aromatic rings. The van der Waals surface area contributed by atoms with Crippen molar-refractivity contribution in [3.05, 3.63) is 0 Å². The molecule has 0 aliphatic heterocycles. The molecule has 5 heteroatoms. The topological polar surface area (TPSA) is 91.2 Å². The number of oxime groups is 2. The predicted octanol–water partition coefficient (Wildman–Crippen LogP) is 0.363. The van der Waals surface area contributed by atoms with Gasteiger partial charge < -0.3 is 16.1 Å². The second kappa shape index (κ2) is 4.60. The minimum absolute atomic E-state index is 0.135. The molecule has 0 aromatic heterocycles. The van der Waals surface area contributed by atoms with E-state index in [0.717, 1.165) is 6.42 Å². The van der Waals surface area contributed by atoms with Crippen LogP contribution in [0, 0.1) is 0 Å². The Hall–Kier alpha value is -1.26. The van der Waals surface area contributed by atoms with Crippen molar-refractivity contribution in [3.63, 3.8) is 0 Å². The zero-order valence-electron chi connectivity index (χ0n) is 5.78. The molecule has 0 unspecified atom stereocenters. The van der Waals surface area contributed by atoms with Crippen LogP contribution in [0.25, 0.3) is 0 Å². The third-order valence-corrected chi connectivity index (χ3v) is 1.01. The van der Waals surface area contributed by atoms with Crippen molar-refractivity contribution in [1.29, 1.82) is 0 Å². The molecule has 58 valence electrons. The highest BCUT2D eigenvalue weighted by atomic mass is 16.4. The lowest BCUT2D eigenvalue weighted by atomic mass is 10.2. The molecule has 0 radical (unpaired) electrons. The summed E-state index contributed by atoms with van der Waals surface area (Å²) in [6, 6.07) is 0. The third-order valence-electron chi connectivity index (χ3n) is 1.01. The van der Waals surface area contributed by atoms with Gasteiger partial charge in [0.15, 0.2) is 5.84 Å². The lowest BCUT2D eigenvalue weighted by molar-refractivity contribution is 0.312. The molecule has 0 fully saturated rings. The lowest BCUT2D eigenvalue weighted by Crippen LogP contribution is -2.23. The van der Waals surface area contributed by atoms with Crippen LogP contribution < -0.4 is 5.73 Å². The highest BCUT2D eigenvalue weighted by molar-refractivity contribution is 6.40. The molecular weight excluding hydrogens is 134 g/mol. The number of nitrogens with zero attached hydrogens (tertiary/aromatic N) is 2. The standard InChI is InChI=1S/C5H11N3O2/c1-2-3-4(7-9)5(6)8-10/h9-10H,2-3H2,1H3,(H2,6,8). The van der Waals surface area contributed by atoms with Gasteiger partial charge in [0.2, 0.25) is 0 Å². The first-order chi connectivity index (χ1) is 4.76. The van der Waals surface area contributed by atoms with Gasteiger partial charge in [0.05, 0.1) is 0 Å². The predicted molar refractivity (Wildman–Crippen MR) is 37.5 cm³/mol. The molecule has 0 rings (SSSR count). The van der Waals surface area contributed by atoms with Crippen molar-refractivity contribution in [2.45, 2.75) is 19.8 Å². The summed E-state index contributed by atoms with van der Waals surface area (Å²) in [5.74, 6) is -0.135. The van der Waals surface area contributed by atoms with E-state index in [2.05, 4.69) is 10.3 Å². The van der Waals surface area contributed by atoms with E-state index in [9.17, 15) is 0 Å². The Kier molecular flexibility index (Phi) is 4.02. The molecule has 0 atom stereocenters. The van der Waals surface area contributed by atoms with Crippen LogP contribution in [-0.4, -0.2) is 22.0 Å². The Balaban J connectivity index is 4.09. The van der Waals surface area contributed by atoms with E-state index in [1.54, 1.807) is 0 Å². The fourth-order valence-corrected chi connectivity index (χ4v) is 0.524. The van der Waals surface area contributed by atoms with Gasteiger partial charge >= 0.3 is 0 Å². The van der Waals surface area contributed by atoms with E-state index < -0.39 is 0 Å². The van der Waals surface area contributed by atoms with Gasteiger partial charge in [-0.15, -0.1) is 0 Å². The number of amidine groups is 1. The van der Waals surface area contributed by atoms with E-state index in [-0.39, 0.29) is 11.5 Å². The summed E-state index contributed by atoms with van der Waals surface area (Å²) in [7, 11) is 0. The van der Waals surface area contributed by atoms with Crippen molar-refractivity contribution >= 4 is 11.5 Å². The average Bonchev–Trinajstić information content (AvgIpc) is 1.99. The number of nitrogens with two attached hydrogens (primary N) is 1. The van der Waals surface area contributed by atoms with Crippen LogP contribution >= 0.6 is 0 Å². The van der Waals surface area contributed by atoms with Gasteiger partial charge in [0, 0.05) is 0 Å². The van der Waals surface area contributed by atoms with Crippen LogP contribution in [0.1, 0.15) is 19.8 Å².